The van der Waals surface area contributed by atoms with Gasteiger partial charge in [0.1, 0.15) is 5.01 Å². The molecule has 2 aromatic rings. The standard InChI is InChI=1S/C14H14ClN5O2S/c1-2-11(21)17-14-20-19-13(23-14)7-12(22)18-16-8-9-3-5-10(15)6-4-9/h3-6,8H,2,7H2,1H3,(H,18,22)(H,17,20,21)/b16-8-. The van der Waals surface area contributed by atoms with E-state index >= 15 is 0 Å². The normalized spacial score (nSPS) is 10.7. The van der Waals surface area contributed by atoms with E-state index in [0.717, 1.165) is 16.9 Å². The van der Waals surface area contributed by atoms with Gasteiger partial charge in [-0.1, -0.05) is 42.0 Å². The molecule has 7 nitrogen and oxygen atoms in total. The van der Waals surface area contributed by atoms with Crippen LogP contribution in [-0.4, -0.2) is 28.2 Å². The van der Waals surface area contributed by atoms with Gasteiger partial charge in [-0.05, 0) is 17.7 Å². The summed E-state index contributed by atoms with van der Waals surface area (Å²) in [7, 11) is 0. The molecule has 120 valence electrons. The Morgan fingerprint density at radius 2 is 2.00 bits per heavy atom. The van der Waals surface area contributed by atoms with Crippen LogP contribution in [0.5, 0.6) is 0 Å². The zero-order chi connectivity index (χ0) is 16.7. The molecule has 0 unspecified atom stereocenters. The molecule has 9 heteroatoms. The van der Waals surface area contributed by atoms with Gasteiger partial charge in [-0.2, -0.15) is 5.10 Å². The molecule has 0 atom stereocenters. The van der Waals surface area contributed by atoms with Crippen molar-refractivity contribution in [3.63, 3.8) is 0 Å². The summed E-state index contributed by atoms with van der Waals surface area (Å²) < 4.78 is 0. The summed E-state index contributed by atoms with van der Waals surface area (Å²) in [6.07, 6.45) is 1.91. The van der Waals surface area contributed by atoms with Crippen LogP contribution in [0.2, 0.25) is 5.02 Å². The van der Waals surface area contributed by atoms with Crippen molar-refractivity contribution in [1.29, 1.82) is 0 Å². The molecule has 0 bridgehead atoms. The fraction of sp³-hybridized carbons (Fsp3) is 0.214. The number of rotatable bonds is 6. The highest BCUT2D eigenvalue weighted by Gasteiger charge is 2.10. The summed E-state index contributed by atoms with van der Waals surface area (Å²) >= 11 is 6.93. The number of hydrogen-bond acceptors (Lipinski definition) is 6. The van der Waals surface area contributed by atoms with Crippen LogP contribution in [-0.2, 0) is 16.0 Å². The molecular weight excluding hydrogens is 338 g/mol. The smallest absolute Gasteiger partial charge is 0.247 e. The first-order valence-electron chi connectivity index (χ1n) is 6.76. The van der Waals surface area contributed by atoms with E-state index in [4.69, 9.17) is 11.6 Å². The zero-order valence-electron chi connectivity index (χ0n) is 12.2. The van der Waals surface area contributed by atoms with Gasteiger partial charge < -0.3 is 5.32 Å². The number of hydrazone groups is 1. The highest BCUT2D eigenvalue weighted by atomic mass is 35.5. The lowest BCUT2D eigenvalue weighted by Crippen LogP contribution is -2.19. The van der Waals surface area contributed by atoms with Crippen LogP contribution < -0.4 is 10.7 Å². The predicted molar refractivity (Wildman–Crippen MR) is 89.7 cm³/mol. The lowest BCUT2D eigenvalue weighted by molar-refractivity contribution is -0.120. The zero-order valence-corrected chi connectivity index (χ0v) is 13.8. The quantitative estimate of drug-likeness (QED) is 0.616. The summed E-state index contributed by atoms with van der Waals surface area (Å²) in [5.41, 5.74) is 3.22. The van der Waals surface area contributed by atoms with Crippen molar-refractivity contribution in [3.8, 4) is 0 Å². The Kier molecular flexibility index (Phi) is 6.19. The molecule has 0 aliphatic carbocycles. The van der Waals surface area contributed by atoms with Crippen molar-refractivity contribution in [3.05, 3.63) is 39.9 Å². The molecule has 0 spiro atoms. The van der Waals surface area contributed by atoms with Crippen LogP contribution in [0.25, 0.3) is 0 Å². The molecule has 2 rings (SSSR count). The Hall–Kier alpha value is -2.32. The third kappa shape index (κ3) is 5.76. The number of halogens is 1. The number of nitrogens with zero attached hydrogens (tertiary/aromatic N) is 3. The summed E-state index contributed by atoms with van der Waals surface area (Å²) in [6, 6.07) is 7.03. The minimum atomic E-state index is -0.320. The number of nitrogens with one attached hydrogen (secondary N) is 2. The van der Waals surface area contributed by atoms with Crippen molar-refractivity contribution in [2.45, 2.75) is 19.8 Å². The maximum Gasteiger partial charge on any atom is 0.247 e. The molecule has 0 aliphatic rings. The molecule has 0 saturated heterocycles. The van der Waals surface area contributed by atoms with E-state index in [2.05, 4.69) is 26.0 Å². The van der Waals surface area contributed by atoms with Gasteiger partial charge in [0.05, 0.1) is 12.6 Å². The number of carbonyl (C=O) groups excluding carboxylic acids is 2. The van der Waals surface area contributed by atoms with E-state index in [1.807, 2.05) is 0 Å². The third-order valence-corrected chi connectivity index (χ3v) is 3.71. The second-order valence-corrected chi connectivity index (χ2v) is 5.92. The summed E-state index contributed by atoms with van der Waals surface area (Å²) in [5, 5.41) is 15.6. The second-order valence-electron chi connectivity index (χ2n) is 4.42. The Morgan fingerprint density at radius 3 is 2.70 bits per heavy atom. The van der Waals surface area contributed by atoms with Crippen molar-refractivity contribution in [2.24, 2.45) is 5.10 Å². The Balaban J connectivity index is 1.82. The van der Waals surface area contributed by atoms with E-state index < -0.39 is 0 Å². The maximum atomic E-state index is 11.7. The molecule has 1 heterocycles. The van der Waals surface area contributed by atoms with Crippen LogP contribution in [0.1, 0.15) is 23.9 Å². The van der Waals surface area contributed by atoms with Gasteiger partial charge in [-0.15, -0.1) is 10.2 Å². The average Bonchev–Trinajstić information content (AvgIpc) is 2.96. The van der Waals surface area contributed by atoms with Gasteiger partial charge >= 0.3 is 0 Å². The highest BCUT2D eigenvalue weighted by molar-refractivity contribution is 7.15. The number of hydrogen-bond donors (Lipinski definition) is 2. The lowest BCUT2D eigenvalue weighted by Gasteiger charge is -1.97. The first-order chi connectivity index (χ1) is 11.1. The van der Waals surface area contributed by atoms with Gasteiger partial charge in [0.25, 0.3) is 0 Å². The second kappa shape index (κ2) is 8.35. The largest absolute Gasteiger partial charge is 0.301 e. The van der Waals surface area contributed by atoms with Crippen LogP contribution in [0.15, 0.2) is 29.4 Å². The topological polar surface area (TPSA) is 96.3 Å². The van der Waals surface area contributed by atoms with E-state index in [1.165, 1.54) is 6.21 Å². The number of amides is 2. The summed E-state index contributed by atoms with van der Waals surface area (Å²) in [5.74, 6) is -0.468. The number of benzene rings is 1. The number of aromatic nitrogens is 2. The average molecular weight is 352 g/mol. The Bertz CT molecular complexity index is 714. The Labute approximate surface area is 141 Å². The molecule has 1 aromatic carbocycles. The minimum absolute atomic E-state index is 0.0393. The van der Waals surface area contributed by atoms with E-state index in [0.29, 0.717) is 21.6 Å². The van der Waals surface area contributed by atoms with Crippen molar-refractivity contribution >= 4 is 46.1 Å². The van der Waals surface area contributed by atoms with Crippen molar-refractivity contribution in [2.75, 3.05) is 5.32 Å². The molecule has 0 aliphatic heterocycles. The molecule has 23 heavy (non-hydrogen) atoms. The van der Waals surface area contributed by atoms with Gasteiger partial charge in [0.15, 0.2) is 0 Å². The van der Waals surface area contributed by atoms with Gasteiger partial charge in [-0.3, -0.25) is 9.59 Å². The molecule has 0 fully saturated rings. The molecule has 2 amide bonds. The SMILES string of the molecule is CCC(=O)Nc1nnc(CC(=O)N/N=C\c2ccc(Cl)cc2)s1. The Morgan fingerprint density at radius 1 is 1.26 bits per heavy atom. The molecule has 1 aromatic heterocycles. The molecular formula is C14H14ClN5O2S. The number of carbonyl (C=O) groups is 2. The van der Waals surface area contributed by atoms with Crippen molar-refractivity contribution < 1.29 is 9.59 Å². The highest BCUT2D eigenvalue weighted by Crippen LogP contribution is 2.15. The predicted octanol–water partition coefficient (Wildman–Crippen LogP) is 2.23. The summed E-state index contributed by atoms with van der Waals surface area (Å²) in [4.78, 5) is 23.0. The monoisotopic (exact) mass is 351 g/mol. The van der Waals surface area contributed by atoms with Crippen molar-refractivity contribution in [1.82, 2.24) is 15.6 Å². The molecule has 0 saturated carbocycles. The van der Waals surface area contributed by atoms with E-state index in [1.54, 1.807) is 31.2 Å². The first-order valence-corrected chi connectivity index (χ1v) is 7.96. The van der Waals surface area contributed by atoms with Gasteiger partial charge in [0.2, 0.25) is 16.9 Å². The fourth-order valence-electron chi connectivity index (χ4n) is 1.49. The van der Waals surface area contributed by atoms with Crippen LogP contribution >= 0.6 is 22.9 Å². The minimum Gasteiger partial charge on any atom is -0.301 e. The van der Waals surface area contributed by atoms with Crippen LogP contribution in [0, 0.1) is 0 Å². The van der Waals surface area contributed by atoms with E-state index in [9.17, 15) is 9.59 Å². The fourth-order valence-corrected chi connectivity index (χ4v) is 2.37. The lowest BCUT2D eigenvalue weighted by atomic mass is 10.2. The van der Waals surface area contributed by atoms with Crippen LogP contribution in [0.3, 0.4) is 0 Å². The first kappa shape index (κ1) is 17.0. The number of anilines is 1. The van der Waals surface area contributed by atoms with Crippen LogP contribution in [0.4, 0.5) is 5.13 Å². The third-order valence-electron chi connectivity index (χ3n) is 2.62. The molecule has 0 radical (unpaired) electrons. The summed E-state index contributed by atoms with van der Waals surface area (Å²) in [6.45, 7) is 1.74. The van der Waals surface area contributed by atoms with E-state index in [-0.39, 0.29) is 18.2 Å². The molecule has 2 N–H and O–H groups in total. The van der Waals surface area contributed by atoms with Gasteiger partial charge in [0, 0.05) is 11.4 Å². The maximum absolute atomic E-state index is 11.7. The van der Waals surface area contributed by atoms with Gasteiger partial charge in [-0.25, -0.2) is 5.43 Å².